The van der Waals surface area contributed by atoms with Crippen molar-refractivity contribution < 1.29 is 9.90 Å². The SMILES string of the molecule is CCN(Cc1cccs1)c1ccc(C(=O)O)cc1N. The fraction of sp³-hybridized carbons (Fsp3) is 0.214. The summed E-state index contributed by atoms with van der Waals surface area (Å²) in [6.45, 7) is 3.65. The molecule has 2 aromatic rings. The lowest BCUT2D eigenvalue weighted by Gasteiger charge is -2.24. The van der Waals surface area contributed by atoms with E-state index >= 15 is 0 Å². The summed E-state index contributed by atoms with van der Waals surface area (Å²) in [5.74, 6) is -0.959. The van der Waals surface area contributed by atoms with E-state index in [1.807, 2.05) is 11.4 Å². The lowest BCUT2D eigenvalue weighted by Crippen LogP contribution is -2.22. The van der Waals surface area contributed by atoms with Crippen molar-refractivity contribution in [2.75, 3.05) is 17.2 Å². The molecular weight excluding hydrogens is 260 g/mol. The Morgan fingerprint density at radius 2 is 2.21 bits per heavy atom. The minimum atomic E-state index is -0.959. The van der Waals surface area contributed by atoms with E-state index in [4.69, 9.17) is 10.8 Å². The van der Waals surface area contributed by atoms with E-state index in [0.29, 0.717) is 5.69 Å². The highest BCUT2D eigenvalue weighted by Gasteiger charge is 2.12. The summed E-state index contributed by atoms with van der Waals surface area (Å²) in [5, 5.41) is 11.0. The van der Waals surface area contributed by atoms with Gasteiger partial charge in [-0.3, -0.25) is 0 Å². The molecule has 0 unspecified atom stereocenters. The maximum absolute atomic E-state index is 10.9. The van der Waals surface area contributed by atoms with Gasteiger partial charge >= 0.3 is 5.97 Å². The van der Waals surface area contributed by atoms with Crippen LogP contribution in [0.3, 0.4) is 0 Å². The average Bonchev–Trinajstić information content (AvgIpc) is 2.89. The number of anilines is 2. The van der Waals surface area contributed by atoms with Crippen LogP contribution in [0, 0.1) is 0 Å². The molecule has 0 fully saturated rings. The third kappa shape index (κ3) is 3.06. The van der Waals surface area contributed by atoms with Gasteiger partial charge in [0.1, 0.15) is 0 Å². The summed E-state index contributed by atoms with van der Waals surface area (Å²) in [6.07, 6.45) is 0. The largest absolute Gasteiger partial charge is 0.478 e. The highest BCUT2D eigenvalue weighted by atomic mass is 32.1. The molecule has 0 amide bonds. The number of nitrogen functional groups attached to an aromatic ring is 1. The Morgan fingerprint density at radius 1 is 1.42 bits per heavy atom. The minimum Gasteiger partial charge on any atom is -0.478 e. The topological polar surface area (TPSA) is 66.6 Å². The molecule has 1 heterocycles. The molecular formula is C14H16N2O2S. The van der Waals surface area contributed by atoms with Crippen LogP contribution in [0.1, 0.15) is 22.2 Å². The average molecular weight is 276 g/mol. The van der Waals surface area contributed by atoms with Gasteiger partial charge in [0, 0.05) is 11.4 Å². The van der Waals surface area contributed by atoms with Crippen molar-refractivity contribution in [3.05, 3.63) is 46.2 Å². The van der Waals surface area contributed by atoms with Gasteiger partial charge in [-0.2, -0.15) is 0 Å². The molecule has 0 atom stereocenters. The van der Waals surface area contributed by atoms with Gasteiger partial charge < -0.3 is 15.7 Å². The Labute approximate surface area is 116 Å². The van der Waals surface area contributed by atoms with Crippen LogP contribution in [-0.4, -0.2) is 17.6 Å². The molecule has 0 aliphatic carbocycles. The summed E-state index contributed by atoms with van der Waals surface area (Å²) >= 11 is 1.70. The predicted octanol–water partition coefficient (Wildman–Crippen LogP) is 3.06. The van der Waals surface area contributed by atoms with Crippen molar-refractivity contribution in [2.24, 2.45) is 0 Å². The molecule has 1 aromatic carbocycles. The molecule has 19 heavy (non-hydrogen) atoms. The molecule has 0 saturated carbocycles. The first-order chi connectivity index (χ1) is 9.11. The number of hydrogen-bond donors (Lipinski definition) is 2. The van der Waals surface area contributed by atoms with Crippen LogP contribution >= 0.6 is 11.3 Å². The highest BCUT2D eigenvalue weighted by molar-refractivity contribution is 7.09. The van der Waals surface area contributed by atoms with Crippen LogP contribution in [-0.2, 0) is 6.54 Å². The number of benzene rings is 1. The number of hydrogen-bond acceptors (Lipinski definition) is 4. The van der Waals surface area contributed by atoms with Gasteiger partial charge in [-0.1, -0.05) is 6.07 Å². The van der Waals surface area contributed by atoms with E-state index in [2.05, 4.69) is 17.9 Å². The fourth-order valence-electron chi connectivity index (χ4n) is 1.93. The molecule has 1 aromatic heterocycles. The van der Waals surface area contributed by atoms with Crippen LogP contribution in [0.25, 0.3) is 0 Å². The maximum Gasteiger partial charge on any atom is 0.335 e. The van der Waals surface area contributed by atoms with Crippen LogP contribution in [0.2, 0.25) is 0 Å². The fourth-order valence-corrected chi connectivity index (χ4v) is 2.65. The first kappa shape index (κ1) is 13.4. The zero-order chi connectivity index (χ0) is 13.8. The van der Waals surface area contributed by atoms with Crippen LogP contribution in [0.5, 0.6) is 0 Å². The second-order valence-corrected chi connectivity index (χ2v) is 5.20. The highest BCUT2D eigenvalue weighted by Crippen LogP contribution is 2.26. The third-order valence-electron chi connectivity index (χ3n) is 2.92. The number of carboxylic acid groups (broad SMARTS) is 1. The Bertz CT molecular complexity index is 567. The molecule has 4 nitrogen and oxygen atoms in total. The molecule has 0 saturated heterocycles. The minimum absolute atomic E-state index is 0.216. The molecule has 100 valence electrons. The number of carboxylic acids is 1. The first-order valence-corrected chi connectivity index (χ1v) is 6.90. The lowest BCUT2D eigenvalue weighted by molar-refractivity contribution is 0.0697. The third-order valence-corrected chi connectivity index (χ3v) is 3.78. The van der Waals surface area contributed by atoms with E-state index in [1.165, 1.54) is 10.9 Å². The summed E-state index contributed by atoms with van der Waals surface area (Å²) in [5.41, 5.74) is 7.55. The molecule has 0 aliphatic rings. The summed E-state index contributed by atoms with van der Waals surface area (Å²) in [4.78, 5) is 14.3. The van der Waals surface area contributed by atoms with E-state index in [-0.39, 0.29) is 5.56 Å². The summed E-state index contributed by atoms with van der Waals surface area (Å²) in [6, 6.07) is 8.97. The maximum atomic E-state index is 10.9. The van der Waals surface area contributed by atoms with Gasteiger partial charge in [-0.25, -0.2) is 4.79 Å². The van der Waals surface area contributed by atoms with Crippen LogP contribution < -0.4 is 10.6 Å². The number of nitrogens with zero attached hydrogens (tertiary/aromatic N) is 1. The number of aromatic carboxylic acids is 1. The van der Waals surface area contributed by atoms with Crippen LogP contribution in [0.15, 0.2) is 35.7 Å². The van der Waals surface area contributed by atoms with Gasteiger partial charge in [0.05, 0.1) is 23.5 Å². The number of thiophene rings is 1. The van der Waals surface area contributed by atoms with Crippen molar-refractivity contribution >= 4 is 28.7 Å². The molecule has 0 spiro atoms. The Morgan fingerprint density at radius 3 is 2.74 bits per heavy atom. The lowest BCUT2D eigenvalue weighted by atomic mass is 10.1. The molecule has 3 N–H and O–H groups in total. The first-order valence-electron chi connectivity index (χ1n) is 6.02. The van der Waals surface area contributed by atoms with Crippen molar-refractivity contribution in [1.82, 2.24) is 0 Å². The quantitative estimate of drug-likeness (QED) is 0.824. The predicted molar refractivity (Wildman–Crippen MR) is 78.9 cm³/mol. The van der Waals surface area contributed by atoms with Gasteiger partial charge in [-0.05, 0) is 36.6 Å². The zero-order valence-electron chi connectivity index (χ0n) is 10.7. The molecule has 0 radical (unpaired) electrons. The number of nitrogens with two attached hydrogens (primary N) is 1. The van der Waals surface area contributed by atoms with Crippen molar-refractivity contribution in [2.45, 2.75) is 13.5 Å². The molecule has 5 heteroatoms. The Kier molecular flexibility index (Phi) is 4.06. The monoisotopic (exact) mass is 276 g/mol. The van der Waals surface area contributed by atoms with Crippen molar-refractivity contribution in [3.8, 4) is 0 Å². The van der Waals surface area contributed by atoms with Gasteiger partial charge in [0.2, 0.25) is 0 Å². The number of carbonyl (C=O) groups is 1. The van der Waals surface area contributed by atoms with E-state index < -0.39 is 5.97 Å². The van der Waals surface area contributed by atoms with Crippen molar-refractivity contribution in [3.63, 3.8) is 0 Å². The standard InChI is InChI=1S/C14H16N2O2S/c1-2-16(9-11-4-3-7-19-11)13-6-5-10(14(17)18)8-12(13)15/h3-8H,2,9,15H2,1H3,(H,17,18). The Balaban J connectivity index is 2.25. The summed E-state index contributed by atoms with van der Waals surface area (Å²) < 4.78 is 0. The van der Waals surface area contributed by atoms with E-state index in [0.717, 1.165) is 18.8 Å². The molecule has 0 aliphatic heterocycles. The van der Waals surface area contributed by atoms with Gasteiger partial charge in [-0.15, -0.1) is 11.3 Å². The Hall–Kier alpha value is -2.01. The molecule has 2 rings (SSSR count). The normalized spacial score (nSPS) is 10.4. The van der Waals surface area contributed by atoms with Crippen molar-refractivity contribution in [1.29, 1.82) is 0 Å². The van der Waals surface area contributed by atoms with Crippen LogP contribution in [0.4, 0.5) is 11.4 Å². The zero-order valence-corrected chi connectivity index (χ0v) is 11.5. The van der Waals surface area contributed by atoms with E-state index in [1.54, 1.807) is 23.5 Å². The molecule has 0 bridgehead atoms. The smallest absolute Gasteiger partial charge is 0.335 e. The second-order valence-electron chi connectivity index (χ2n) is 4.17. The summed E-state index contributed by atoms with van der Waals surface area (Å²) in [7, 11) is 0. The van der Waals surface area contributed by atoms with E-state index in [9.17, 15) is 4.79 Å². The second kappa shape index (κ2) is 5.75. The number of rotatable bonds is 5. The van der Waals surface area contributed by atoms with Gasteiger partial charge in [0.15, 0.2) is 0 Å². The van der Waals surface area contributed by atoms with Gasteiger partial charge in [0.25, 0.3) is 0 Å².